The minimum atomic E-state index is 0.0666. The smallest absolute Gasteiger partial charge is 0.0791 e. The molecule has 82 valence electrons. The van der Waals surface area contributed by atoms with Gasteiger partial charge in [0.1, 0.15) is 0 Å². The molecule has 0 aromatic heterocycles. The summed E-state index contributed by atoms with van der Waals surface area (Å²) in [6.45, 7) is 2.78. The number of aliphatic hydroxyl groups excluding tert-OH is 1. The van der Waals surface area contributed by atoms with Gasteiger partial charge in [0.05, 0.1) is 45.7 Å². The van der Waals surface area contributed by atoms with Gasteiger partial charge < -0.3 is 19.3 Å². The normalized spacial score (nSPS) is 19.6. The zero-order valence-electron chi connectivity index (χ0n) is 8.35. The van der Waals surface area contributed by atoms with Crippen molar-refractivity contribution in [1.82, 2.24) is 0 Å². The molecule has 0 bridgehead atoms. The molecule has 0 spiro atoms. The number of hydrogen-bond donors (Lipinski definition) is 1. The summed E-state index contributed by atoms with van der Waals surface area (Å²) < 4.78 is 15.7. The van der Waals surface area contributed by atoms with Crippen LogP contribution in [0.3, 0.4) is 0 Å². The van der Waals surface area contributed by atoms with Gasteiger partial charge in [-0.1, -0.05) is 12.2 Å². The molecule has 1 N–H and O–H groups in total. The first kappa shape index (κ1) is 11.7. The van der Waals surface area contributed by atoms with Crippen LogP contribution in [-0.2, 0) is 14.2 Å². The van der Waals surface area contributed by atoms with E-state index in [0.717, 1.165) is 6.42 Å². The van der Waals surface area contributed by atoms with Crippen molar-refractivity contribution in [3.8, 4) is 0 Å². The molecule has 0 aliphatic heterocycles. The second-order valence-corrected chi connectivity index (χ2v) is 3.02. The quantitative estimate of drug-likeness (QED) is 0.433. The number of ether oxygens (including phenoxy) is 3. The summed E-state index contributed by atoms with van der Waals surface area (Å²) in [4.78, 5) is 0. The van der Waals surface area contributed by atoms with Crippen molar-refractivity contribution in [2.45, 2.75) is 12.5 Å². The highest BCUT2D eigenvalue weighted by Crippen LogP contribution is 2.10. The Bertz CT molecular complexity index is 158. The predicted octanol–water partition coefficient (Wildman–Crippen LogP) is 0.357. The summed E-state index contributed by atoms with van der Waals surface area (Å²) in [6.07, 6.45) is 5.47. The van der Waals surface area contributed by atoms with Crippen molar-refractivity contribution in [2.75, 3.05) is 39.6 Å². The third-order valence-electron chi connectivity index (χ3n) is 1.89. The highest BCUT2D eigenvalue weighted by atomic mass is 16.5. The zero-order valence-corrected chi connectivity index (χ0v) is 8.35. The van der Waals surface area contributed by atoms with E-state index in [0.29, 0.717) is 39.1 Å². The third-order valence-corrected chi connectivity index (χ3v) is 1.89. The van der Waals surface area contributed by atoms with E-state index < -0.39 is 0 Å². The Hall–Kier alpha value is -0.420. The summed E-state index contributed by atoms with van der Waals surface area (Å²) in [6, 6.07) is 0. The van der Waals surface area contributed by atoms with Crippen molar-refractivity contribution < 1.29 is 19.3 Å². The lowest BCUT2D eigenvalue weighted by Crippen LogP contribution is -2.18. The highest BCUT2D eigenvalue weighted by molar-refractivity contribution is 5.03. The van der Waals surface area contributed by atoms with E-state index in [-0.39, 0.29) is 6.61 Å². The van der Waals surface area contributed by atoms with E-state index in [9.17, 15) is 0 Å². The van der Waals surface area contributed by atoms with Crippen molar-refractivity contribution >= 4 is 0 Å². The van der Waals surface area contributed by atoms with Gasteiger partial charge in [0.15, 0.2) is 0 Å². The number of rotatable bonds is 9. The molecule has 1 aliphatic rings. The molecular weight excluding hydrogens is 184 g/mol. The van der Waals surface area contributed by atoms with Crippen LogP contribution in [-0.4, -0.2) is 50.9 Å². The van der Waals surface area contributed by atoms with Crippen molar-refractivity contribution in [3.05, 3.63) is 12.2 Å². The van der Waals surface area contributed by atoms with Crippen LogP contribution in [0.1, 0.15) is 6.42 Å². The fraction of sp³-hybridized carbons (Fsp3) is 0.800. The van der Waals surface area contributed by atoms with Gasteiger partial charge in [-0.25, -0.2) is 0 Å². The van der Waals surface area contributed by atoms with E-state index in [4.69, 9.17) is 19.3 Å². The van der Waals surface area contributed by atoms with Gasteiger partial charge in [-0.3, -0.25) is 0 Å². The van der Waals surface area contributed by atoms with E-state index >= 15 is 0 Å². The molecule has 0 saturated heterocycles. The van der Waals surface area contributed by atoms with Gasteiger partial charge in [-0.2, -0.15) is 0 Å². The standard InChI is InChI=1S/C10H18O4/c11-4-5-12-6-7-13-8-9-14-10-2-1-3-10/h1-2,10-11H,3-9H2. The molecule has 0 aromatic carbocycles. The van der Waals surface area contributed by atoms with Crippen molar-refractivity contribution in [2.24, 2.45) is 0 Å². The molecule has 0 saturated carbocycles. The first-order valence-corrected chi connectivity index (χ1v) is 4.98. The van der Waals surface area contributed by atoms with Crippen LogP contribution in [0.25, 0.3) is 0 Å². The molecule has 0 radical (unpaired) electrons. The lowest BCUT2D eigenvalue weighted by atomic mass is 10.1. The van der Waals surface area contributed by atoms with Crippen LogP contribution in [0.15, 0.2) is 12.2 Å². The lowest BCUT2D eigenvalue weighted by molar-refractivity contribution is -0.00606. The zero-order chi connectivity index (χ0) is 10.1. The highest BCUT2D eigenvalue weighted by Gasteiger charge is 2.08. The Morgan fingerprint density at radius 2 is 1.71 bits per heavy atom. The summed E-state index contributed by atoms with van der Waals surface area (Å²) in [7, 11) is 0. The summed E-state index contributed by atoms with van der Waals surface area (Å²) in [5.74, 6) is 0. The van der Waals surface area contributed by atoms with Crippen LogP contribution in [0.5, 0.6) is 0 Å². The Labute approximate surface area is 84.5 Å². The van der Waals surface area contributed by atoms with Gasteiger partial charge in [0.25, 0.3) is 0 Å². The average molecular weight is 202 g/mol. The average Bonchev–Trinajstić information content (AvgIpc) is 2.13. The van der Waals surface area contributed by atoms with Gasteiger partial charge in [-0.15, -0.1) is 0 Å². The molecule has 0 fully saturated rings. The first-order chi connectivity index (χ1) is 6.93. The maximum absolute atomic E-state index is 8.41. The van der Waals surface area contributed by atoms with Gasteiger partial charge in [0, 0.05) is 0 Å². The van der Waals surface area contributed by atoms with Crippen LogP contribution in [0.4, 0.5) is 0 Å². The minimum Gasteiger partial charge on any atom is -0.394 e. The molecule has 0 heterocycles. The minimum absolute atomic E-state index is 0.0666. The second kappa shape index (κ2) is 7.94. The molecule has 0 aromatic rings. The van der Waals surface area contributed by atoms with Crippen LogP contribution >= 0.6 is 0 Å². The Kier molecular flexibility index (Phi) is 6.61. The summed E-state index contributed by atoms with van der Waals surface area (Å²) in [5, 5.41) is 8.41. The molecule has 14 heavy (non-hydrogen) atoms. The fourth-order valence-electron chi connectivity index (χ4n) is 1.02. The molecule has 1 aliphatic carbocycles. The van der Waals surface area contributed by atoms with Gasteiger partial charge >= 0.3 is 0 Å². The van der Waals surface area contributed by atoms with E-state index in [1.165, 1.54) is 0 Å². The molecule has 4 heteroatoms. The number of aliphatic hydroxyl groups is 1. The monoisotopic (exact) mass is 202 g/mol. The molecule has 1 unspecified atom stereocenters. The van der Waals surface area contributed by atoms with Crippen LogP contribution in [0, 0.1) is 0 Å². The third kappa shape index (κ3) is 5.34. The fourth-order valence-corrected chi connectivity index (χ4v) is 1.02. The Morgan fingerprint density at radius 3 is 2.29 bits per heavy atom. The maximum atomic E-state index is 8.41. The van der Waals surface area contributed by atoms with E-state index in [2.05, 4.69) is 6.08 Å². The topological polar surface area (TPSA) is 47.9 Å². The van der Waals surface area contributed by atoms with Crippen LogP contribution < -0.4 is 0 Å². The van der Waals surface area contributed by atoms with Crippen molar-refractivity contribution in [1.29, 1.82) is 0 Å². The number of hydrogen-bond acceptors (Lipinski definition) is 4. The largest absolute Gasteiger partial charge is 0.394 e. The lowest BCUT2D eigenvalue weighted by Gasteiger charge is -2.18. The molecular formula is C10H18O4. The van der Waals surface area contributed by atoms with Crippen LogP contribution in [0.2, 0.25) is 0 Å². The van der Waals surface area contributed by atoms with E-state index in [1.807, 2.05) is 6.08 Å². The van der Waals surface area contributed by atoms with E-state index in [1.54, 1.807) is 0 Å². The SMILES string of the molecule is OCCOCCOCCOC1C=CC1. The first-order valence-electron chi connectivity index (χ1n) is 4.98. The second-order valence-electron chi connectivity index (χ2n) is 3.02. The summed E-state index contributed by atoms with van der Waals surface area (Å²) >= 11 is 0. The summed E-state index contributed by atoms with van der Waals surface area (Å²) in [5.41, 5.74) is 0. The molecule has 1 atom stereocenters. The predicted molar refractivity (Wildman–Crippen MR) is 52.2 cm³/mol. The van der Waals surface area contributed by atoms with Crippen molar-refractivity contribution in [3.63, 3.8) is 0 Å². The maximum Gasteiger partial charge on any atom is 0.0791 e. The van der Waals surface area contributed by atoms with Gasteiger partial charge in [0.2, 0.25) is 0 Å². The molecule has 4 nitrogen and oxygen atoms in total. The Balaban J connectivity index is 1.69. The van der Waals surface area contributed by atoms with Gasteiger partial charge in [-0.05, 0) is 6.42 Å². The molecule has 1 rings (SSSR count). The Morgan fingerprint density at radius 1 is 1.07 bits per heavy atom. The molecule has 0 amide bonds.